The van der Waals surface area contributed by atoms with E-state index in [1.54, 1.807) is 25.3 Å². The summed E-state index contributed by atoms with van der Waals surface area (Å²) in [5.41, 5.74) is 4.26. The molecule has 176 valence electrons. The van der Waals surface area contributed by atoms with Crippen LogP contribution in [0, 0.1) is 13.8 Å². The van der Waals surface area contributed by atoms with Gasteiger partial charge in [-0.3, -0.25) is 4.79 Å². The van der Waals surface area contributed by atoms with Crippen molar-refractivity contribution in [2.45, 2.75) is 38.6 Å². The van der Waals surface area contributed by atoms with Crippen molar-refractivity contribution < 1.29 is 24.2 Å². The SMILES string of the molecule is COc1ccc(C(=O)NC2(C(=O)O)Cc3cccc(C)c3C2)cc1OCCc1cccc(C)c1. The molecule has 3 aromatic carbocycles. The van der Waals surface area contributed by atoms with Crippen molar-refractivity contribution in [2.75, 3.05) is 13.7 Å². The Morgan fingerprint density at radius 1 is 1.00 bits per heavy atom. The van der Waals surface area contributed by atoms with Gasteiger partial charge < -0.3 is 19.9 Å². The van der Waals surface area contributed by atoms with Gasteiger partial charge in [-0.2, -0.15) is 0 Å². The number of benzene rings is 3. The number of hydrogen-bond donors (Lipinski definition) is 2. The minimum absolute atomic E-state index is 0.251. The fourth-order valence-electron chi connectivity index (χ4n) is 4.53. The molecule has 0 spiro atoms. The highest BCUT2D eigenvalue weighted by molar-refractivity contribution is 5.99. The van der Waals surface area contributed by atoms with E-state index in [-0.39, 0.29) is 12.8 Å². The first-order valence-corrected chi connectivity index (χ1v) is 11.3. The van der Waals surface area contributed by atoms with Crippen molar-refractivity contribution in [1.29, 1.82) is 0 Å². The average molecular weight is 460 g/mol. The van der Waals surface area contributed by atoms with Gasteiger partial charge >= 0.3 is 5.97 Å². The number of hydrogen-bond acceptors (Lipinski definition) is 4. The van der Waals surface area contributed by atoms with E-state index in [4.69, 9.17) is 9.47 Å². The molecule has 6 nitrogen and oxygen atoms in total. The van der Waals surface area contributed by atoms with Gasteiger partial charge in [-0.05, 0) is 54.3 Å². The first-order chi connectivity index (χ1) is 16.3. The number of fused-ring (bicyclic) bond motifs is 1. The van der Waals surface area contributed by atoms with Crippen LogP contribution in [0.5, 0.6) is 11.5 Å². The van der Waals surface area contributed by atoms with E-state index in [1.807, 2.05) is 50.2 Å². The Hall–Kier alpha value is -3.80. The van der Waals surface area contributed by atoms with E-state index in [0.717, 1.165) is 22.3 Å². The molecule has 3 aromatic rings. The lowest BCUT2D eigenvalue weighted by molar-refractivity contribution is -0.144. The number of nitrogens with one attached hydrogen (secondary N) is 1. The largest absolute Gasteiger partial charge is 0.493 e. The van der Waals surface area contributed by atoms with Gasteiger partial charge in [-0.25, -0.2) is 4.79 Å². The number of ether oxygens (including phenoxy) is 2. The second-order valence-electron chi connectivity index (χ2n) is 8.86. The normalized spacial score (nSPS) is 16.6. The van der Waals surface area contributed by atoms with Gasteiger partial charge in [0.15, 0.2) is 11.5 Å². The molecule has 0 radical (unpaired) electrons. The van der Waals surface area contributed by atoms with Crippen LogP contribution in [0.25, 0.3) is 0 Å². The van der Waals surface area contributed by atoms with E-state index in [0.29, 0.717) is 30.1 Å². The topological polar surface area (TPSA) is 84.9 Å². The first-order valence-electron chi connectivity index (χ1n) is 11.3. The smallest absolute Gasteiger partial charge is 0.330 e. The Balaban J connectivity index is 1.50. The first kappa shape index (κ1) is 23.4. The van der Waals surface area contributed by atoms with E-state index in [9.17, 15) is 14.7 Å². The highest BCUT2D eigenvalue weighted by Crippen LogP contribution is 2.34. The molecule has 1 aliphatic rings. The monoisotopic (exact) mass is 459 g/mol. The molecule has 6 heteroatoms. The van der Waals surface area contributed by atoms with E-state index < -0.39 is 17.4 Å². The van der Waals surface area contributed by atoms with Crippen molar-refractivity contribution >= 4 is 11.9 Å². The van der Waals surface area contributed by atoms with Gasteiger partial charge in [0.05, 0.1) is 13.7 Å². The maximum Gasteiger partial charge on any atom is 0.330 e. The van der Waals surface area contributed by atoms with Crippen molar-refractivity contribution in [3.05, 3.63) is 94.0 Å². The van der Waals surface area contributed by atoms with Crippen LogP contribution < -0.4 is 14.8 Å². The molecule has 0 fully saturated rings. The number of carboxylic acids is 1. The van der Waals surface area contributed by atoms with Crippen molar-refractivity contribution in [3.8, 4) is 11.5 Å². The second-order valence-corrected chi connectivity index (χ2v) is 8.86. The minimum atomic E-state index is -1.38. The molecule has 1 amide bonds. The maximum atomic E-state index is 13.2. The summed E-state index contributed by atoms with van der Waals surface area (Å²) in [5, 5.41) is 12.8. The number of rotatable bonds is 8. The van der Waals surface area contributed by atoms with E-state index in [2.05, 4.69) is 11.4 Å². The van der Waals surface area contributed by atoms with Crippen LogP contribution in [0.2, 0.25) is 0 Å². The fraction of sp³-hybridized carbons (Fsp3) is 0.286. The maximum absolute atomic E-state index is 13.2. The molecular weight excluding hydrogens is 430 g/mol. The molecule has 0 saturated heterocycles. The van der Waals surface area contributed by atoms with Crippen molar-refractivity contribution in [3.63, 3.8) is 0 Å². The molecule has 1 atom stereocenters. The predicted octanol–water partition coefficient (Wildman–Crippen LogP) is 4.29. The van der Waals surface area contributed by atoms with Gasteiger partial charge in [0.1, 0.15) is 5.54 Å². The van der Waals surface area contributed by atoms with Crippen LogP contribution in [-0.2, 0) is 24.1 Å². The molecular formula is C28H29NO5. The van der Waals surface area contributed by atoms with Crippen LogP contribution in [0.15, 0.2) is 60.7 Å². The summed E-state index contributed by atoms with van der Waals surface area (Å²) in [7, 11) is 1.54. The highest BCUT2D eigenvalue weighted by Gasteiger charge is 2.46. The summed E-state index contributed by atoms with van der Waals surface area (Å²) < 4.78 is 11.3. The van der Waals surface area contributed by atoms with Crippen LogP contribution in [0.3, 0.4) is 0 Å². The lowest BCUT2D eigenvalue weighted by Gasteiger charge is -2.26. The van der Waals surface area contributed by atoms with Crippen LogP contribution in [-0.4, -0.2) is 36.2 Å². The molecule has 1 unspecified atom stereocenters. The molecule has 0 aromatic heterocycles. The highest BCUT2D eigenvalue weighted by atomic mass is 16.5. The van der Waals surface area contributed by atoms with Crippen molar-refractivity contribution in [2.24, 2.45) is 0 Å². The standard InChI is InChI=1S/C28H29NO5/c1-18-6-4-8-20(14-18)12-13-34-25-15-21(10-11-24(25)33-3)26(30)29-28(27(31)32)16-22-9-5-7-19(2)23(22)17-28/h4-11,14-15H,12-13,16-17H2,1-3H3,(H,29,30)(H,31,32). The average Bonchev–Trinajstić information content (AvgIpc) is 3.20. The van der Waals surface area contributed by atoms with Gasteiger partial charge in [-0.15, -0.1) is 0 Å². The van der Waals surface area contributed by atoms with Crippen molar-refractivity contribution in [1.82, 2.24) is 5.32 Å². The third kappa shape index (κ3) is 4.76. The van der Waals surface area contributed by atoms with Gasteiger partial charge in [0, 0.05) is 24.8 Å². The van der Waals surface area contributed by atoms with E-state index >= 15 is 0 Å². The second kappa shape index (κ2) is 9.59. The molecule has 1 aliphatic carbocycles. The Morgan fingerprint density at radius 2 is 1.79 bits per heavy atom. The molecule has 0 aliphatic heterocycles. The van der Waals surface area contributed by atoms with Gasteiger partial charge in [0.25, 0.3) is 5.91 Å². The zero-order valence-electron chi connectivity index (χ0n) is 19.7. The quantitative estimate of drug-likeness (QED) is 0.525. The lowest BCUT2D eigenvalue weighted by atomic mass is 9.94. The number of aliphatic carboxylic acids is 1. The summed E-state index contributed by atoms with van der Waals surface area (Å²) in [6.07, 6.45) is 1.22. The Labute approximate surface area is 199 Å². The number of amides is 1. The molecule has 2 N–H and O–H groups in total. The number of carbonyl (C=O) groups excluding carboxylic acids is 1. The number of methoxy groups -OCH3 is 1. The minimum Gasteiger partial charge on any atom is -0.493 e. The van der Waals surface area contributed by atoms with Gasteiger partial charge in [-0.1, -0.05) is 48.0 Å². The van der Waals surface area contributed by atoms with Crippen LogP contribution in [0.4, 0.5) is 0 Å². The molecule has 34 heavy (non-hydrogen) atoms. The van der Waals surface area contributed by atoms with E-state index in [1.165, 1.54) is 5.56 Å². The molecule has 0 saturated carbocycles. The molecule has 4 rings (SSSR count). The summed E-state index contributed by atoms with van der Waals surface area (Å²) in [4.78, 5) is 25.4. The summed E-state index contributed by atoms with van der Waals surface area (Å²) >= 11 is 0. The number of carbonyl (C=O) groups is 2. The van der Waals surface area contributed by atoms with Crippen LogP contribution in [0.1, 0.15) is 38.2 Å². The van der Waals surface area contributed by atoms with Gasteiger partial charge in [0.2, 0.25) is 0 Å². The van der Waals surface area contributed by atoms with Crippen LogP contribution >= 0.6 is 0 Å². The summed E-state index contributed by atoms with van der Waals surface area (Å²) in [5.74, 6) is -0.547. The number of carboxylic acid groups (broad SMARTS) is 1. The molecule has 0 heterocycles. The lowest BCUT2D eigenvalue weighted by Crippen LogP contribution is -2.55. The fourth-order valence-corrected chi connectivity index (χ4v) is 4.53. The zero-order valence-corrected chi connectivity index (χ0v) is 19.7. The Bertz CT molecular complexity index is 1240. The third-order valence-corrected chi connectivity index (χ3v) is 6.40. The summed E-state index contributed by atoms with van der Waals surface area (Å²) in [6, 6.07) is 18.9. The zero-order chi connectivity index (χ0) is 24.3. The Morgan fingerprint density at radius 3 is 2.50 bits per heavy atom. The summed E-state index contributed by atoms with van der Waals surface area (Å²) in [6.45, 7) is 4.42. The third-order valence-electron chi connectivity index (χ3n) is 6.40. The number of aryl methyl sites for hydroxylation is 2. The predicted molar refractivity (Wildman–Crippen MR) is 130 cm³/mol. The Kier molecular flexibility index (Phi) is 6.59. The molecule has 0 bridgehead atoms.